The van der Waals surface area contributed by atoms with Crippen molar-refractivity contribution >= 4 is 0 Å². The van der Waals surface area contributed by atoms with Crippen LogP contribution in [0.25, 0.3) is 0 Å². The van der Waals surface area contributed by atoms with Gasteiger partial charge in [-0.05, 0) is 36.9 Å². The summed E-state index contributed by atoms with van der Waals surface area (Å²) < 4.78 is 39.9. The number of alkyl halides is 2. The number of para-hydroxylation sites is 1. The van der Waals surface area contributed by atoms with E-state index in [1.165, 1.54) is 13.2 Å². The van der Waals surface area contributed by atoms with Gasteiger partial charge < -0.3 is 14.2 Å². The molecule has 0 aliphatic heterocycles. The molecule has 0 spiro atoms. The molecule has 0 aliphatic rings. The Morgan fingerprint density at radius 3 is 2.58 bits per heavy atom. The molecular weight excluding hydrogens is 342 g/mol. The largest absolute Gasteiger partial charge is 0.493 e. The van der Waals surface area contributed by atoms with Gasteiger partial charge in [-0.15, -0.1) is 0 Å². The Hall–Kier alpha value is -2.85. The van der Waals surface area contributed by atoms with E-state index in [-0.39, 0.29) is 11.5 Å². The lowest BCUT2D eigenvalue weighted by Crippen LogP contribution is -2.24. The summed E-state index contributed by atoms with van der Waals surface area (Å²) in [6.45, 7) is -1.28. The Morgan fingerprint density at radius 2 is 1.88 bits per heavy atom. The van der Waals surface area contributed by atoms with E-state index in [1.807, 2.05) is 18.0 Å². The van der Waals surface area contributed by atoms with Crippen LogP contribution >= 0.6 is 0 Å². The van der Waals surface area contributed by atoms with Crippen LogP contribution in [0.2, 0.25) is 0 Å². The zero-order valence-corrected chi connectivity index (χ0v) is 14.6. The summed E-state index contributed by atoms with van der Waals surface area (Å²) in [6.07, 6.45) is 0. The van der Waals surface area contributed by atoms with Crippen molar-refractivity contribution in [3.63, 3.8) is 0 Å². The van der Waals surface area contributed by atoms with Crippen molar-refractivity contribution < 1.29 is 23.0 Å². The smallest absolute Gasteiger partial charge is 0.387 e. The number of methoxy groups -OCH3 is 1. The molecule has 26 heavy (non-hydrogen) atoms. The summed E-state index contributed by atoms with van der Waals surface area (Å²) in [6, 6.07) is 14.0. The highest BCUT2D eigenvalue weighted by Crippen LogP contribution is 2.29. The van der Waals surface area contributed by atoms with Crippen LogP contribution in [0.4, 0.5) is 8.78 Å². The maximum atomic E-state index is 12.4. The predicted molar refractivity (Wildman–Crippen MR) is 92.6 cm³/mol. The Kier molecular flexibility index (Phi) is 7.18. The molecule has 0 bridgehead atoms. The van der Waals surface area contributed by atoms with E-state index < -0.39 is 6.61 Å². The van der Waals surface area contributed by atoms with Crippen molar-refractivity contribution in [1.82, 2.24) is 4.90 Å². The molecule has 0 amide bonds. The predicted octanol–water partition coefficient (Wildman–Crippen LogP) is 3.68. The second-order valence-corrected chi connectivity index (χ2v) is 5.56. The average Bonchev–Trinajstić information content (AvgIpc) is 2.63. The third-order valence-corrected chi connectivity index (χ3v) is 3.63. The topological polar surface area (TPSA) is 54.7 Å². The second-order valence-electron chi connectivity index (χ2n) is 5.56. The van der Waals surface area contributed by atoms with E-state index in [1.54, 1.807) is 30.3 Å². The van der Waals surface area contributed by atoms with Gasteiger partial charge in [0.15, 0.2) is 11.5 Å². The van der Waals surface area contributed by atoms with E-state index in [2.05, 4.69) is 10.8 Å². The first-order valence-electron chi connectivity index (χ1n) is 7.95. The average molecular weight is 362 g/mol. The Morgan fingerprint density at radius 1 is 1.12 bits per heavy atom. The lowest BCUT2D eigenvalue weighted by Gasteiger charge is -2.18. The first-order valence-corrected chi connectivity index (χ1v) is 7.95. The molecule has 2 rings (SSSR count). The molecule has 5 nitrogen and oxygen atoms in total. The number of ether oxygens (including phenoxy) is 3. The van der Waals surface area contributed by atoms with Crippen LogP contribution in [0.5, 0.6) is 17.2 Å². The maximum Gasteiger partial charge on any atom is 0.387 e. The summed E-state index contributed by atoms with van der Waals surface area (Å²) in [5.74, 6) is 0.819. The normalized spacial score (nSPS) is 10.7. The van der Waals surface area contributed by atoms with Gasteiger partial charge in [-0.1, -0.05) is 18.2 Å². The van der Waals surface area contributed by atoms with Crippen LogP contribution in [-0.2, 0) is 6.54 Å². The van der Waals surface area contributed by atoms with Crippen LogP contribution in [0.3, 0.4) is 0 Å². The number of nitriles is 1. The number of benzene rings is 2. The monoisotopic (exact) mass is 362 g/mol. The SMILES string of the molecule is COc1cc(CN(C)CCOc2ccccc2C#N)ccc1OC(F)F. The van der Waals surface area contributed by atoms with Gasteiger partial charge in [-0.3, -0.25) is 4.90 Å². The fourth-order valence-corrected chi connectivity index (χ4v) is 2.39. The van der Waals surface area contributed by atoms with E-state index >= 15 is 0 Å². The van der Waals surface area contributed by atoms with E-state index in [0.717, 1.165) is 5.56 Å². The molecule has 0 N–H and O–H groups in total. The minimum atomic E-state index is -2.90. The summed E-state index contributed by atoms with van der Waals surface area (Å²) in [4.78, 5) is 2.01. The van der Waals surface area contributed by atoms with Crippen LogP contribution in [0, 0.1) is 11.3 Å². The van der Waals surface area contributed by atoms with E-state index in [0.29, 0.717) is 31.0 Å². The zero-order valence-electron chi connectivity index (χ0n) is 14.6. The van der Waals surface area contributed by atoms with Gasteiger partial charge in [0.05, 0.1) is 12.7 Å². The lowest BCUT2D eigenvalue weighted by molar-refractivity contribution is -0.0512. The molecule has 2 aromatic rings. The molecule has 0 atom stereocenters. The molecular formula is C19H20F2N2O3. The van der Waals surface area contributed by atoms with Gasteiger partial charge in [0.1, 0.15) is 18.4 Å². The zero-order chi connectivity index (χ0) is 18.9. The highest BCUT2D eigenvalue weighted by atomic mass is 19.3. The Bertz CT molecular complexity index is 763. The van der Waals surface area contributed by atoms with Gasteiger partial charge in [-0.2, -0.15) is 14.0 Å². The fourth-order valence-electron chi connectivity index (χ4n) is 2.39. The van der Waals surface area contributed by atoms with Crippen LogP contribution in [0.15, 0.2) is 42.5 Å². The molecule has 0 radical (unpaired) electrons. The molecule has 138 valence electrons. The number of rotatable bonds is 9. The van der Waals surface area contributed by atoms with Crippen molar-refractivity contribution in [2.24, 2.45) is 0 Å². The molecule has 2 aromatic carbocycles. The van der Waals surface area contributed by atoms with Gasteiger partial charge in [0.25, 0.3) is 0 Å². The third kappa shape index (κ3) is 5.60. The van der Waals surface area contributed by atoms with Crippen LogP contribution < -0.4 is 14.2 Å². The molecule has 0 heterocycles. The number of hydrogen-bond acceptors (Lipinski definition) is 5. The number of hydrogen-bond donors (Lipinski definition) is 0. The quantitative estimate of drug-likeness (QED) is 0.681. The first kappa shape index (κ1) is 19.5. The molecule has 0 aromatic heterocycles. The Balaban J connectivity index is 1.89. The summed E-state index contributed by atoms with van der Waals surface area (Å²) in [5, 5.41) is 9.04. The summed E-state index contributed by atoms with van der Waals surface area (Å²) in [5.41, 5.74) is 1.39. The first-order chi connectivity index (χ1) is 12.5. The summed E-state index contributed by atoms with van der Waals surface area (Å²) >= 11 is 0. The molecule has 0 fully saturated rings. The minimum Gasteiger partial charge on any atom is -0.493 e. The lowest BCUT2D eigenvalue weighted by atomic mass is 10.2. The van der Waals surface area contributed by atoms with Gasteiger partial charge in [0.2, 0.25) is 0 Å². The molecule has 0 unspecified atom stereocenters. The fraction of sp³-hybridized carbons (Fsp3) is 0.316. The van der Waals surface area contributed by atoms with Gasteiger partial charge >= 0.3 is 6.61 Å². The molecule has 0 saturated heterocycles. The number of nitrogens with zero attached hydrogens (tertiary/aromatic N) is 2. The summed E-state index contributed by atoms with van der Waals surface area (Å²) in [7, 11) is 3.32. The highest BCUT2D eigenvalue weighted by Gasteiger charge is 2.12. The van der Waals surface area contributed by atoms with Crippen molar-refractivity contribution in [3.8, 4) is 23.3 Å². The highest BCUT2D eigenvalue weighted by molar-refractivity contribution is 5.43. The number of halogens is 2. The standard InChI is InChI=1S/C19H20F2N2O3/c1-23(9-10-25-16-6-4-3-5-15(16)12-22)13-14-7-8-17(26-19(20)21)18(11-14)24-2/h3-8,11,19H,9-10,13H2,1-2H3. The molecule has 0 saturated carbocycles. The van der Waals surface area contributed by atoms with Gasteiger partial charge in [-0.25, -0.2) is 0 Å². The van der Waals surface area contributed by atoms with Crippen molar-refractivity contribution in [2.75, 3.05) is 27.3 Å². The Labute approximate surface area is 151 Å². The number of likely N-dealkylation sites (N-methyl/N-ethyl adjacent to an activating group) is 1. The van der Waals surface area contributed by atoms with Crippen molar-refractivity contribution in [1.29, 1.82) is 5.26 Å². The molecule has 0 aliphatic carbocycles. The second kappa shape index (κ2) is 9.59. The van der Waals surface area contributed by atoms with E-state index in [4.69, 9.17) is 14.7 Å². The maximum absolute atomic E-state index is 12.4. The van der Waals surface area contributed by atoms with Crippen LogP contribution in [-0.4, -0.2) is 38.8 Å². The van der Waals surface area contributed by atoms with Crippen LogP contribution in [0.1, 0.15) is 11.1 Å². The van der Waals surface area contributed by atoms with Crippen molar-refractivity contribution in [3.05, 3.63) is 53.6 Å². The van der Waals surface area contributed by atoms with Crippen molar-refractivity contribution in [2.45, 2.75) is 13.2 Å². The van der Waals surface area contributed by atoms with Gasteiger partial charge in [0, 0.05) is 13.1 Å². The third-order valence-electron chi connectivity index (χ3n) is 3.63. The van der Waals surface area contributed by atoms with E-state index in [9.17, 15) is 8.78 Å². The minimum absolute atomic E-state index is 0.00495. The molecule has 7 heteroatoms.